The molecule has 0 aliphatic carbocycles. The number of hydrogen-bond donors (Lipinski definition) is 0. The summed E-state index contributed by atoms with van der Waals surface area (Å²) in [7, 11) is 0. The first kappa shape index (κ1) is 16.9. The van der Waals surface area contributed by atoms with E-state index in [2.05, 4.69) is 18.0 Å². The van der Waals surface area contributed by atoms with Crippen LogP contribution in [0.5, 0.6) is 0 Å². The second-order valence-electron chi connectivity index (χ2n) is 5.53. The molecule has 0 aliphatic heterocycles. The lowest BCUT2D eigenvalue weighted by Gasteiger charge is -2.22. The number of thiazole rings is 1. The fourth-order valence-corrected chi connectivity index (χ4v) is 4.11. The van der Waals surface area contributed by atoms with Crippen LogP contribution in [0.2, 0.25) is 0 Å². The van der Waals surface area contributed by atoms with Gasteiger partial charge in [0.05, 0.1) is 17.0 Å². The van der Waals surface area contributed by atoms with Gasteiger partial charge in [0.1, 0.15) is 5.01 Å². The van der Waals surface area contributed by atoms with E-state index in [9.17, 15) is 4.79 Å². The van der Waals surface area contributed by atoms with E-state index >= 15 is 0 Å². The van der Waals surface area contributed by atoms with Crippen molar-refractivity contribution in [2.24, 2.45) is 0 Å². The quantitative estimate of drug-likeness (QED) is 0.579. The fraction of sp³-hybridized carbons (Fsp3) is 0.263. The van der Waals surface area contributed by atoms with Gasteiger partial charge in [0.15, 0.2) is 0 Å². The lowest BCUT2D eigenvalue weighted by atomic mass is 10.2. The molecule has 124 valence electrons. The molecular weight excluding hydrogens is 336 g/mol. The number of para-hydroxylation sites is 1. The SMILES string of the molecule is CCCCN(C(=O)Cc1csc(-c2cccs2)n1)c1ccccc1. The van der Waals surface area contributed by atoms with Gasteiger partial charge in [-0.25, -0.2) is 4.98 Å². The molecule has 0 aliphatic rings. The van der Waals surface area contributed by atoms with E-state index < -0.39 is 0 Å². The van der Waals surface area contributed by atoms with E-state index in [1.54, 1.807) is 22.7 Å². The molecule has 5 heteroatoms. The molecule has 0 saturated heterocycles. The van der Waals surface area contributed by atoms with Crippen molar-refractivity contribution in [1.29, 1.82) is 0 Å². The standard InChI is InChI=1S/C19H20N2OS2/c1-2-3-11-21(16-8-5-4-6-9-16)18(22)13-15-14-24-19(20-15)17-10-7-12-23-17/h4-10,12,14H,2-3,11,13H2,1H3. The van der Waals surface area contributed by atoms with Crippen molar-refractivity contribution >= 4 is 34.3 Å². The van der Waals surface area contributed by atoms with Gasteiger partial charge in [0, 0.05) is 17.6 Å². The molecule has 0 fully saturated rings. The third-order valence-corrected chi connectivity index (χ3v) is 5.65. The molecule has 0 saturated carbocycles. The number of thiophene rings is 1. The molecule has 0 unspecified atom stereocenters. The highest BCUT2D eigenvalue weighted by Crippen LogP contribution is 2.28. The maximum absolute atomic E-state index is 12.8. The first-order chi connectivity index (χ1) is 11.8. The highest BCUT2D eigenvalue weighted by molar-refractivity contribution is 7.20. The fourth-order valence-electron chi connectivity index (χ4n) is 2.47. The number of nitrogens with zero attached hydrogens (tertiary/aromatic N) is 2. The number of amides is 1. The Morgan fingerprint density at radius 2 is 1.96 bits per heavy atom. The Labute approximate surface area is 150 Å². The number of anilines is 1. The molecule has 1 amide bonds. The molecule has 0 atom stereocenters. The third kappa shape index (κ3) is 4.10. The average molecular weight is 357 g/mol. The zero-order valence-electron chi connectivity index (χ0n) is 13.6. The van der Waals surface area contributed by atoms with E-state index in [4.69, 9.17) is 0 Å². The predicted octanol–water partition coefficient (Wildman–Crippen LogP) is 5.25. The van der Waals surface area contributed by atoms with Gasteiger partial charge in [-0.05, 0) is 30.0 Å². The number of aromatic nitrogens is 1. The van der Waals surface area contributed by atoms with E-state index in [-0.39, 0.29) is 5.91 Å². The van der Waals surface area contributed by atoms with E-state index in [0.717, 1.165) is 40.7 Å². The molecule has 0 radical (unpaired) electrons. The smallest absolute Gasteiger partial charge is 0.233 e. The van der Waals surface area contributed by atoms with Crippen LogP contribution >= 0.6 is 22.7 Å². The molecule has 0 bridgehead atoms. The number of carbonyl (C=O) groups excluding carboxylic acids is 1. The van der Waals surface area contributed by atoms with Crippen molar-refractivity contribution in [1.82, 2.24) is 4.98 Å². The van der Waals surface area contributed by atoms with Gasteiger partial charge < -0.3 is 4.90 Å². The molecular formula is C19H20N2OS2. The van der Waals surface area contributed by atoms with Crippen LogP contribution in [-0.2, 0) is 11.2 Å². The van der Waals surface area contributed by atoms with Crippen molar-refractivity contribution in [3.05, 3.63) is 58.9 Å². The highest BCUT2D eigenvalue weighted by atomic mass is 32.1. The molecule has 0 spiro atoms. The van der Waals surface area contributed by atoms with Crippen LogP contribution in [-0.4, -0.2) is 17.4 Å². The predicted molar refractivity (Wildman–Crippen MR) is 103 cm³/mol. The van der Waals surface area contributed by atoms with Gasteiger partial charge in [0.2, 0.25) is 5.91 Å². The van der Waals surface area contributed by atoms with Crippen molar-refractivity contribution in [2.75, 3.05) is 11.4 Å². The lowest BCUT2D eigenvalue weighted by molar-refractivity contribution is -0.118. The summed E-state index contributed by atoms with van der Waals surface area (Å²) in [5.41, 5.74) is 1.82. The summed E-state index contributed by atoms with van der Waals surface area (Å²) in [5, 5.41) is 5.03. The number of unbranched alkanes of at least 4 members (excludes halogenated alkanes) is 1. The Balaban J connectivity index is 1.73. The number of carbonyl (C=O) groups is 1. The molecule has 3 nitrogen and oxygen atoms in total. The van der Waals surface area contributed by atoms with Crippen LogP contribution in [0, 0.1) is 0 Å². The van der Waals surface area contributed by atoms with Gasteiger partial charge >= 0.3 is 0 Å². The van der Waals surface area contributed by atoms with Gasteiger partial charge in [-0.1, -0.05) is 37.6 Å². The Bertz CT molecular complexity index is 766. The van der Waals surface area contributed by atoms with Gasteiger partial charge in [0.25, 0.3) is 0 Å². The number of rotatable bonds is 7. The summed E-state index contributed by atoms with van der Waals surface area (Å²) in [6, 6.07) is 14.0. The number of hydrogen-bond acceptors (Lipinski definition) is 4. The summed E-state index contributed by atoms with van der Waals surface area (Å²) >= 11 is 3.28. The topological polar surface area (TPSA) is 33.2 Å². The van der Waals surface area contributed by atoms with Crippen LogP contribution in [0.25, 0.3) is 9.88 Å². The second kappa shape index (κ2) is 8.22. The third-order valence-electron chi connectivity index (χ3n) is 3.72. The Kier molecular flexibility index (Phi) is 5.77. The van der Waals surface area contributed by atoms with Crippen LogP contribution < -0.4 is 4.90 Å². The summed E-state index contributed by atoms with van der Waals surface area (Å²) in [4.78, 5) is 20.5. The van der Waals surface area contributed by atoms with Gasteiger partial charge in [-0.3, -0.25) is 4.79 Å². The minimum absolute atomic E-state index is 0.109. The summed E-state index contributed by atoms with van der Waals surface area (Å²) in [6.45, 7) is 2.89. The maximum atomic E-state index is 12.8. The van der Waals surface area contributed by atoms with Crippen LogP contribution in [0.4, 0.5) is 5.69 Å². The minimum atomic E-state index is 0.109. The Hall–Kier alpha value is -1.98. The second-order valence-corrected chi connectivity index (χ2v) is 7.34. The Morgan fingerprint density at radius 3 is 2.67 bits per heavy atom. The molecule has 3 rings (SSSR count). The molecule has 2 heterocycles. The molecule has 0 N–H and O–H groups in total. The maximum Gasteiger partial charge on any atom is 0.233 e. The average Bonchev–Trinajstić information content (AvgIpc) is 3.27. The van der Waals surface area contributed by atoms with Crippen molar-refractivity contribution in [3.63, 3.8) is 0 Å². The van der Waals surface area contributed by atoms with Gasteiger partial charge in [-0.2, -0.15) is 0 Å². The zero-order valence-corrected chi connectivity index (χ0v) is 15.3. The largest absolute Gasteiger partial charge is 0.312 e. The van der Waals surface area contributed by atoms with Crippen LogP contribution in [0.3, 0.4) is 0 Å². The minimum Gasteiger partial charge on any atom is -0.312 e. The Morgan fingerprint density at radius 1 is 1.12 bits per heavy atom. The molecule has 24 heavy (non-hydrogen) atoms. The van der Waals surface area contributed by atoms with E-state index in [1.165, 1.54) is 0 Å². The molecule has 2 aromatic heterocycles. The first-order valence-electron chi connectivity index (χ1n) is 8.11. The van der Waals surface area contributed by atoms with Crippen LogP contribution in [0.1, 0.15) is 25.5 Å². The van der Waals surface area contributed by atoms with E-state index in [1.807, 2.05) is 52.1 Å². The number of benzene rings is 1. The summed E-state index contributed by atoms with van der Waals surface area (Å²) in [5.74, 6) is 0.109. The van der Waals surface area contributed by atoms with E-state index in [0.29, 0.717) is 6.42 Å². The van der Waals surface area contributed by atoms with Crippen LogP contribution in [0.15, 0.2) is 53.2 Å². The van der Waals surface area contributed by atoms with Crippen molar-refractivity contribution in [3.8, 4) is 9.88 Å². The zero-order chi connectivity index (χ0) is 16.8. The summed E-state index contributed by atoms with van der Waals surface area (Å²) in [6.07, 6.45) is 2.41. The first-order valence-corrected chi connectivity index (χ1v) is 9.87. The highest BCUT2D eigenvalue weighted by Gasteiger charge is 2.17. The van der Waals surface area contributed by atoms with Crippen molar-refractivity contribution < 1.29 is 4.79 Å². The van der Waals surface area contributed by atoms with Gasteiger partial charge in [-0.15, -0.1) is 22.7 Å². The molecule has 1 aromatic carbocycles. The monoisotopic (exact) mass is 356 g/mol. The molecule has 3 aromatic rings. The lowest BCUT2D eigenvalue weighted by Crippen LogP contribution is -2.33. The normalized spacial score (nSPS) is 10.7. The summed E-state index contributed by atoms with van der Waals surface area (Å²) < 4.78 is 0. The van der Waals surface area contributed by atoms with Crippen molar-refractivity contribution in [2.45, 2.75) is 26.2 Å².